The molecule has 0 bridgehead atoms. The molecule has 0 radical (unpaired) electrons. The third-order valence-electron chi connectivity index (χ3n) is 2.29. The Morgan fingerprint density at radius 2 is 1.64 bits per heavy atom. The Hall–Kier alpha value is -0.0800. The van der Waals surface area contributed by atoms with E-state index in [2.05, 4.69) is 26.0 Å². The largest absolute Gasteiger partial charge is 0.330 e. The molecule has 0 atom stereocenters. The lowest BCUT2D eigenvalue weighted by Gasteiger charge is -2.26. The van der Waals surface area contributed by atoms with Gasteiger partial charge in [0.15, 0.2) is 0 Å². The van der Waals surface area contributed by atoms with Gasteiger partial charge in [0, 0.05) is 6.54 Å². The molecule has 0 amide bonds. The Morgan fingerprint density at radius 3 is 2.09 bits per heavy atom. The number of quaternary nitrogens is 1. The first kappa shape index (κ1) is 9.01. The molecule has 0 spiro atoms. The van der Waals surface area contributed by atoms with Gasteiger partial charge < -0.3 is 4.48 Å². The lowest BCUT2D eigenvalue weighted by atomic mass is 10.4. The van der Waals surface area contributed by atoms with Crippen molar-refractivity contribution in [2.45, 2.75) is 12.8 Å². The van der Waals surface area contributed by atoms with Crippen LogP contribution in [0.15, 0.2) is 0 Å². The Balaban J connectivity index is 2.11. The van der Waals surface area contributed by atoms with Crippen molar-refractivity contribution in [1.29, 1.82) is 0 Å². The van der Waals surface area contributed by atoms with Crippen molar-refractivity contribution >= 4 is 0 Å². The zero-order valence-electron chi connectivity index (χ0n) is 8.14. The van der Waals surface area contributed by atoms with E-state index in [1.165, 1.54) is 39.0 Å². The highest BCUT2D eigenvalue weighted by atomic mass is 15.3. The lowest BCUT2D eigenvalue weighted by Crippen LogP contribution is -2.41. The number of nitrogens with zero attached hydrogens (tertiary/aromatic N) is 2. The van der Waals surface area contributed by atoms with Crippen molar-refractivity contribution in [1.82, 2.24) is 4.90 Å². The second kappa shape index (κ2) is 3.55. The molecule has 0 aromatic rings. The van der Waals surface area contributed by atoms with E-state index in [9.17, 15) is 0 Å². The van der Waals surface area contributed by atoms with Crippen LogP contribution in [-0.4, -0.2) is 56.7 Å². The molecule has 1 aliphatic heterocycles. The van der Waals surface area contributed by atoms with Gasteiger partial charge in [0.2, 0.25) is 0 Å². The summed E-state index contributed by atoms with van der Waals surface area (Å²) in [5.74, 6) is 0. The van der Waals surface area contributed by atoms with Gasteiger partial charge in [-0.05, 0) is 25.9 Å². The molecular formula is C9H21N2+. The van der Waals surface area contributed by atoms with Gasteiger partial charge in [0.05, 0.1) is 27.7 Å². The maximum absolute atomic E-state index is 2.57. The molecule has 1 saturated heterocycles. The smallest absolute Gasteiger partial charge is 0.0909 e. The van der Waals surface area contributed by atoms with E-state index < -0.39 is 0 Å². The molecule has 66 valence electrons. The van der Waals surface area contributed by atoms with Gasteiger partial charge in [0.1, 0.15) is 0 Å². The fourth-order valence-corrected chi connectivity index (χ4v) is 1.45. The minimum atomic E-state index is 1.09. The Bertz CT molecular complexity index is 109. The van der Waals surface area contributed by atoms with E-state index in [-0.39, 0.29) is 0 Å². The molecule has 1 fully saturated rings. The first-order valence-corrected chi connectivity index (χ1v) is 4.61. The molecule has 0 aromatic heterocycles. The van der Waals surface area contributed by atoms with Crippen molar-refractivity contribution in [2.75, 3.05) is 47.3 Å². The molecule has 1 rings (SSSR count). The number of rotatable bonds is 3. The predicted octanol–water partition coefficient (Wildman–Crippen LogP) is 0.788. The third kappa shape index (κ3) is 3.73. The fourth-order valence-electron chi connectivity index (χ4n) is 1.45. The standard InChI is InChI=1S/C9H21N2/c1-11(2,3)9-8-10-6-4-5-7-10/h4-9H2,1-3H3/q+1. The van der Waals surface area contributed by atoms with E-state index in [0.717, 1.165) is 4.48 Å². The van der Waals surface area contributed by atoms with E-state index in [1.54, 1.807) is 0 Å². The van der Waals surface area contributed by atoms with Crippen molar-refractivity contribution in [3.05, 3.63) is 0 Å². The molecule has 0 N–H and O–H groups in total. The molecule has 0 saturated carbocycles. The maximum atomic E-state index is 2.57. The summed E-state index contributed by atoms with van der Waals surface area (Å²) in [5, 5.41) is 0. The number of hydrogen-bond donors (Lipinski definition) is 0. The summed E-state index contributed by atoms with van der Waals surface area (Å²) in [6.45, 7) is 5.23. The summed E-state index contributed by atoms with van der Waals surface area (Å²) in [4.78, 5) is 2.57. The monoisotopic (exact) mass is 157 g/mol. The van der Waals surface area contributed by atoms with Crippen LogP contribution in [0.4, 0.5) is 0 Å². The van der Waals surface area contributed by atoms with E-state index in [1.807, 2.05) is 0 Å². The fraction of sp³-hybridized carbons (Fsp3) is 1.00. The average Bonchev–Trinajstić information content (AvgIpc) is 2.32. The second-order valence-corrected chi connectivity index (χ2v) is 4.56. The van der Waals surface area contributed by atoms with Crippen LogP contribution >= 0.6 is 0 Å². The first-order chi connectivity index (χ1) is 5.08. The highest BCUT2D eigenvalue weighted by molar-refractivity contribution is 4.64. The van der Waals surface area contributed by atoms with Crippen LogP contribution in [0.25, 0.3) is 0 Å². The average molecular weight is 157 g/mol. The minimum absolute atomic E-state index is 1.09. The van der Waals surface area contributed by atoms with Gasteiger partial charge in [-0.3, -0.25) is 4.90 Å². The number of likely N-dealkylation sites (N-methyl/N-ethyl adjacent to an activating group) is 1. The number of likely N-dealkylation sites (tertiary alicyclic amines) is 1. The summed E-state index contributed by atoms with van der Waals surface area (Å²) in [7, 11) is 6.78. The van der Waals surface area contributed by atoms with Crippen molar-refractivity contribution in [3.8, 4) is 0 Å². The summed E-state index contributed by atoms with van der Waals surface area (Å²) in [6, 6.07) is 0. The summed E-state index contributed by atoms with van der Waals surface area (Å²) >= 11 is 0. The van der Waals surface area contributed by atoms with Gasteiger partial charge in [-0.1, -0.05) is 0 Å². The molecule has 2 heteroatoms. The van der Waals surface area contributed by atoms with Gasteiger partial charge in [-0.25, -0.2) is 0 Å². The normalized spacial score (nSPS) is 21.0. The Kier molecular flexibility index (Phi) is 2.90. The van der Waals surface area contributed by atoms with E-state index >= 15 is 0 Å². The van der Waals surface area contributed by atoms with Crippen molar-refractivity contribution in [3.63, 3.8) is 0 Å². The molecule has 0 aromatic carbocycles. The van der Waals surface area contributed by atoms with Crippen LogP contribution in [0.3, 0.4) is 0 Å². The second-order valence-electron chi connectivity index (χ2n) is 4.56. The summed E-state index contributed by atoms with van der Waals surface area (Å²) in [6.07, 6.45) is 2.83. The van der Waals surface area contributed by atoms with Crippen LogP contribution < -0.4 is 0 Å². The van der Waals surface area contributed by atoms with Gasteiger partial charge in [-0.2, -0.15) is 0 Å². The van der Waals surface area contributed by atoms with Crippen LogP contribution in [-0.2, 0) is 0 Å². The van der Waals surface area contributed by atoms with Crippen molar-refractivity contribution in [2.24, 2.45) is 0 Å². The van der Waals surface area contributed by atoms with Crippen molar-refractivity contribution < 1.29 is 4.48 Å². The molecule has 1 aliphatic rings. The highest BCUT2D eigenvalue weighted by Gasteiger charge is 2.14. The molecule has 0 unspecified atom stereocenters. The molecule has 2 nitrogen and oxygen atoms in total. The summed E-state index contributed by atoms with van der Waals surface area (Å²) < 4.78 is 1.09. The quantitative estimate of drug-likeness (QED) is 0.547. The first-order valence-electron chi connectivity index (χ1n) is 4.61. The zero-order chi connectivity index (χ0) is 8.32. The summed E-state index contributed by atoms with van der Waals surface area (Å²) in [5.41, 5.74) is 0. The third-order valence-corrected chi connectivity index (χ3v) is 2.29. The van der Waals surface area contributed by atoms with Crippen LogP contribution in [0.2, 0.25) is 0 Å². The Morgan fingerprint density at radius 1 is 1.09 bits per heavy atom. The topological polar surface area (TPSA) is 3.24 Å². The van der Waals surface area contributed by atoms with Gasteiger partial charge >= 0.3 is 0 Å². The molecule has 1 heterocycles. The molecule has 0 aliphatic carbocycles. The van der Waals surface area contributed by atoms with E-state index in [4.69, 9.17) is 0 Å². The predicted molar refractivity (Wildman–Crippen MR) is 48.6 cm³/mol. The zero-order valence-corrected chi connectivity index (χ0v) is 8.14. The van der Waals surface area contributed by atoms with Gasteiger partial charge in [-0.15, -0.1) is 0 Å². The van der Waals surface area contributed by atoms with Crippen LogP contribution in [0.1, 0.15) is 12.8 Å². The lowest BCUT2D eigenvalue weighted by molar-refractivity contribution is -0.869. The van der Waals surface area contributed by atoms with E-state index in [0.29, 0.717) is 0 Å². The van der Waals surface area contributed by atoms with Crippen LogP contribution in [0.5, 0.6) is 0 Å². The maximum Gasteiger partial charge on any atom is 0.0909 e. The SMILES string of the molecule is C[N+](C)(C)CCN1CCCC1. The highest BCUT2D eigenvalue weighted by Crippen LogP contribution is 2.06. The molecule has 11 heavy (non-hydrogen) atoms. The van der Waals surface area contributed by atoms with Crippen LogP contribution in [0, 0.1) is 0 Å². The minimum Gasteiger partial charge on any atom is -0.330 e. The number of hydrogen-bond acceptors (Lipinski definition) is 1. The van der Waals surface area contributed by atoms with Gasteiger partial charge in [0.25, 0.3) is 0 Å². The Labute approximate surface area is 70.4 Å². The molecular weight excluding hydrogens is 136 g/mol.